The highest BCUT2D eigenvalue weighted by molar-refractivity contribution is 5.90. The maximum Gasteiger partial charge on any atom is 0.244 e. The predicted molar refractivity (Wildman–Crippen MR) is 153 cm³/mol. The third-order valence-corrected chi connectivity index (χ3v) is 6.87. The second kappa shape index (κ2) is 14.0. The largest absolute Gasteiger partial charge is 0.491 e. The van der Waals surface area contributed by atoms with Gasteiger partial charge in [0, 0.05) is 51.4 Å². The van der Waals surface area contributed by atoms with Gasteiger partial charge in [0.25, 0.3) is 0 Å². The Bertz CT molecular complexity index is 1220. The van der Waals surface area contributed by atoms with Crippen LogP contribution in [0.2, 0.25) is 0 Å². The van der Waals surface area contributed by atoms with E-state index < -0.39 is 0 Å². The molecule has 39 heavy (non-hydrogen) atoms. The van der Waals surface area contributed by atoms with E-state index in [9.17, 15) is 4.79 Å². The summed E-state index contributed by atoms with van der Waals surface area (Å²) in [7, 11) is 3.37. The highest BCUT2D eigenvalue weighted by atomic mass is 16.5. The number of benzene rings is 2. The third kappa shape index (κ3) is 8.48. The van der Waals surface area contributed by atoms with Gasteiger partial charge in [-0.2, -0.15) is 0 Å². The summed E-state index contributed by atoms with van der Waals surface area (Å²) in [5.74, 6) is 1.37. The molecule has 0 aliphatic heterocycles. The van der Waals surface area contributed by atoms with Crippen molar-refractivity contribution in [3.8, 4) is 5.75 Å². The van der Waals surface area contributed by atoms with Crippen molar-refractivity contribution in [3.63, 3.8) is 0 Å². The minimum Gasteiger partial charge on any atom is -0.491 e. The van der Waals surface area contributed by atoms with Crippen LogP contribution >= 0.6 is 0 Å². The average molecular weight is 534 g/mol. The number of amides is 1. The Morgan fingerprint density at radius 1 is 1.08 bits per heavy atom. The summed E-state index contributed by atoms with van der Waals surface area (Å²) in [4.78, 5) is 23.7. The lowest BCUT2D eigenvalue weighted by Crippen LogP contribution is -2.40. The number of aromatic nitrogens is 2. The van der Waals surface area contributed by atoms with Crippen molar-refractivity contribution in [3.05, 3.63) is 72.6 Å². The molecule has 0 saturated heterocycles. The summed E-state index contributed by atoms with van der Waals surface area (Å²) in [5.41, 5.74) is 1.68. The van der Waals surface area contributed by atoms with Gasteiger partial charge >= 0.3 is 0 Å². The topological polar surface area (TPSA) is 97.8 Å². The lowest BCUT2D eigenvalue weighted by molar-refractivity contribution is -0.117. The Balaban J connectivity index is 1.33. The Kier molecular flexibility index (Phi) is 10.2. The number of fused-ring (bicyclic) bond motifs is 1. The van der Waals surface area contributed by atoms with Gasteiger partial charge in [0.05, 0.1) is 24.3 Å². The molecule has 1 saturated carbocycles. The summed E-state index contributed by atoms with van der Waals surface area (Å²) >= 11 is 0. The Hall–Kier alpha value is -3.53. The lowest BCUT2D eigenvalue weighted by atomic mass is 10.1. The monoisotopic (exact) mass is 533 g/mol. The lowest BCUT2D eigenvalue weighted by Gasteiger charge is -2.20. The zero-order valence-electron chi connectivity index (χ0n) is 23.1. The normalized spacial score (nSPS) is 15.0. The molecule has 2 N–H and O–H groups in total. The minimum atomic E-state index is -0.335. The zero-order valence-corrected chi connectivity index (χ0v) is 23.1. The van der Waals surface area contributed by atoms with Gasteiger partial charge in [-0.15, -0.1) is 0 Å². The first-order chi connectivity index (χ1) is 19.0. The maximum atomic E-state index is 12.6. The molecule has 1 heterocycles. The van der Waals surface area contributed by atoms with Crippen molar-refractivity contribution in [1.82, 2.24) is 20.2 Å². The molecule has 1 aliphatic carbocycles. The quantitative estimate of drug-likeness (QED) is 0.267. The van der Waals surface area contributed by atoms with Crippen LogP contribution in [-0.4, -0.2) is 80.0 Å². The standard InChI is InChI=1S/C30H39N5O4/c1-23(24-8-5-4-6-9-24)33-29-26-20-25(11-12-27(26)31-22-32-29)39-21-30(13-14-30)34-28(36)10-7-15-35(16-18-37-2)17-19-38-3/h4-12,20,22-23H,13-19,21H2,1-3H3,(H,34,36)(H,31,32,33)/b10-7+/t23-/m1/s1. The number of hydrogen-bond acceptors (Lipinski definition) is 8. The summed E-state index contributed by atoms with van der Waals surface area (Å²) < 4.78 is 16.5. The smallest absolute Gasteiger partial charge is 0.244 e. The fourth-order valence-corrected chi connectivity index (χ4v) is 4.30. The van der Waals surface area contributed by atoms with Crippen LogP contribution in [0, 0.1) is 0 Å². The second-order valence-corrected chi connectivity index (χ2v) is 9.92. The molecule has 208 valence electrons. The highest BCUT2D eigenvalue weighted by Crippen LogP contribution is 2.36. The fourth-order valence-electron chi connectivity index (χ4n) is 4.30. The van der Waals surface area contributed by atoms with E-state index >= 15 is 0 Å². The van der Waals surface area contributed by atoms with E-state index in [0.29, 0.717) is 26.4 Å². The predicted octanol–water partition coefficient (Wildman–Crippen LogP) is 3.98. The van der Waals surface area contributed by atoms with Gasteiger partial charge in [-0.3, -0.25) is 9.69 Å². The molecule has 1 aromatic heterocycles. The van der Waals surface area contributed by atoms with Crippen molar-refractivity contribution >= 4 is 22.6 Å². The number of anilines is 1. The molecule has 0 spiro atoms. The molecule has 1 amide bonds. The van der Waals surface area contributed by atoms with E-state index in [0.717, 1.165) is 48.4 Å². The molecule has 9 nitrogen and oxygen atoms in total. The van der Waals surface area contributed by atoms with Crippen LogP contribution in [0.3, 0.4) is 0 Å². The maximum absolute atomic E-state index is 12.6. The molecule has 2 aromatic carbocycles. The van der Waals surface area contributed by atoms with Gasteiger partial charge in [0.15, 0.2) is 0 Å². The number of hydrogen-bond donors (Lipinski definition) is 2. The zero-order chi connectivity index (χ0) is 27.5. The summed E-state index contributed by atoms with van der Waals surface area (Å²) in [6.45, 7) is 5.99. The van der Waals surface area contributed by atoms with Gasteiger partial charge in [0.2, 0.25) is 5.91 Å². The molecule has 0 bridgehead atoms. The molecule has 1 fully saturated rings. The number of nitrogens with one attached hydrogen (secondary N) is 2. The molecular formula is C30H39N5O4. The van der Waals surface area contributed by atoms with Gasteiger partial charge in [-0.1, -0.05) is 36.4 Å². The number of methoxy groups -OCH3 is 2. The average Bonchev–Trinajstić information content (AvgIpc) is 3.72. The SMILES string of the molecule is COCCN(C/C=C/C(=O)NC1(COc2ccc3ncnc(N[C@H](C)c4ccccc4)c3c2)CC1)CCOC. The molecule has 1 atom stereocenters. The third-order valence-electron chi connectivity index (χ3n) is 6.87. The van der Waals surface area contributed by atoms with Gasteiger partial charge in [-0.25, -0.2) is 9.97 Å². The molecule has 0 unspecified atom stereocenters. The van der Waals surface area contributed by atoms with Crippen molar-refractivity contribution in [2.75, 3.05) is 59.0 Å². The highest BCUT2D eigenvalue weighted by Gasteiger charge is 2.44. The van der Waals surface area contributed by atoms with Crippen LogP contribution in [0.1, 0.15) is 31.4 Å². The second-order valence-electron chi connectivity index (χ2n) is 9.92. The number of carbonyl (C=O) groups is 1. The van der Waals surface area contributed by atoms with Crippen LogP contribution in [0.5, 0.6) is 5.75 Å². The van der Waals surface area contributed by atoms with Crippen molar-refractivity contribution in [2.24, 2.45) is 0 Å². The first-order valence-corrected chi connectivity index (χ1v) is 13.4. The van der Waals surface area contributed by atoms with Crippen molar-refractivity contribution in [2.45, 2.75) is 31.3 Å². The fraction of sp³-hybridized carbons (Fsp3) is 0.433. The summed E-state index contributed by atoms with van der Waals surface area (Å²) in [5, 5.41) is 7.53. The molecule has 4 rings (SSSR count). The van der Waals surface area contributed by atoms with E-state index in [1.54, 1.807) is 26.6 Å². The summed E-state index contributed by atoms with van der Waals surface area (Å²) in [6, 6.07) is 16.1. The van der Waals surface area contributed by atoms with Crippen LogP contribution in [0.25, 0.3) is 10.9 Å². The van der Waals surface area contributed by atoms with Crippen molar-refractivity contribution in [1.29, 1.82) is 0 Å². The number of nitrogens with zero attached hydrogens (tertiary/aromatic N) is 3. The number of ether oxygens (including phenoxy) is 3. The first-order valence-electron chi connectivity index (χ1n) is 13.4. The van der Waals surface area contributed by atoms with Crippen LogP contribution < -0.4 is 15.4 Å². The molecule has 1 aliphatic rings. The van der Waals surface area contributed by atoms with Gasteiger partial charge < -0.3 is 24.8 Å². The van der Waals surface area contributed by atoms with Gasteiger partial charge in [-0.05, 0) is 43.5 Å². The Morgan fingerprint density at radius 2 is 1.82 bits per heavy atom. The van der Waals surface area contributed by atoms with Crippen LogP contribution in [-0.2, 0) is 14.3 Å². The van der Waals surface area contributed by atoms with E-state index in [-0.39, 0.29) is 17.5 Å². The van der Waals surface area contributed by atoms with E-state index in [1.165, 1.54) is 5.56 Å². The Morgan fingerprint density at radius 3 is 2.51 bits per heavy atom. The molecule has 9 heteroatoms. The van der Waals surface area contributed by atoms with Crippen LogP contribution in [0.15, 0.2) is 67.0 Å². The van der Waals surface area contributed by atoms with Gasteiger partial charge in [0.1, 0.15) is 24.5 Å². The number of carbonyl (C=O) groups excluding carboxylic acids is 1. The van der Waals surface area contributed by atoms with Crippen LogP contribution in [0.4, 0.5) is 5.82 Å². The van der Waals surface area contributed by atoms with E-state index in [1.807, 2.05) is 42.5 Å². The van der Waals surface area contributed by atoms with E-state index in [2.05, 4.69) is 44.6 Å². The first kappa shape index (κ1) is 28.5. The number of rotatable bonds is 16. The molecule has 3 aromatic rings. The molecular weight excluding hydrogens is 494 g/mol. The minimum absolute atomic E-state index is 0.0823. The molecule has 0 radical (unpaired) electrons. The van der Waals surface area contributed by atoms with Crippen molar-refractivity contribution < 1.29 is 19.0 Å². The van der Waals surface area contributed by atoms with E-state index in [4.69, 9.17) is 14.2 Å². The summed E-state index contributed by atoms with van der Waals surface area (Å²) in [6.07, 6.45) is 6.83. The Labute approximate surface area is 230 Å².